The Kier molecular flexibility index (Phi) is 5.19. The second-order valence-electron chi connectivity index (χ2n) is 6.32. The number of nitrogens with zero attached hydrogens (tertiary/aromatic N) is 3. The lowest BCUT2D eigenvalue weighted by Gasteiger charge is -2.22. The highest BCUT2D eigenvalue weighted by molar-refractivity contribution is 7.99. The lowest BCUT2D eigenvalue weighted by Crippen LogP contribution is -2.32. The number of fused-ring (bicyclic) bond motifs is 2. The van der Waals surface area contributed by atoms with Crippen LogP contribution in [0.15, 0.2) is 63.9 Å². The Morgan fingerprint density at radius 3 is 2.75 bits per heavy atom. The summed E-state index contributed by atoms with van der Waals surface area (Å²) in [6.45, 7) is 2.54. The van der Waals surface area contributed by atoms with Gasteiger partial charge in [-0.1, -0.05) is 48.2 Å². The van der Waals surface area contributed by atoms with Gasteiger partial charge in [0.2, 0.25) is 5.91 Å². The number of amides is 1. The standard InChI is InChI=1S/C21H19N3O2S2/c1-3-24(17-10-6-8-14-7-4-5-9-15(14)17)18(25)13-28-21-22-19-16(11-12-27-19)20(26)23(21)2/h4-12H,3,13H2,1-2H3. The zero-order valence-electron chi connectivity index (χ0n) is 15.6. The molecule has 4 aromatic rings. The fraction of sp³-hybridized carbons (Fsp3) is 0.190. The molecule has 142 valence electrons. The van der Waals surface area contributed by atoms with Gasteiger partial charge in [-0.25, -0.2) is 4.98 Å². The van der Waals surface area contributed by atoms with Crippen LogP contribution in [0, 0.1) is 0 Å². The lowest BCUT2D eigenvalue weighted by atomic mass is 10.1. The quantitative estimate of drug-likeness (QED) is 0.364. The first-order valence-electron chi connectivity index (χ1n) is 8.95. The van der Waals surface area contributed by atoms with Crippen molar-refractivity contribution in [1.29, 1.82) is 0 Å². The number of thiophene rings is 1. The van der Waals surface area contributed by atoms with E-state index >= 15 is 0 Å². The van der Waals surface area contributed by atoms with Crippen LogP contribution in [-0.4, -0.2) is 27.8 Å². The molecular weight excluding hydrogens is 390 g/mol. The van der Waals surface area contributed by atoms with Crippen LogP contribution in [0.3, 0.4) is 0 Å². The largest absolute Gasteiger partial charge is 0.311 e. The Bertz CT molecular complexity index is 1220. The normalized spacial score (nSPS) is 11.2. The topological polar surface area (TPSA) is 55.2 Å². The van der Waals surface area contributed by atoms with E-state index in [1.165, 1.54) is 27.7 Å². The zero-order chi connectivity index (χ0) is 19.7. The third-order valence-corrected chi connectivity index (χ3v) is 6.48. The van der Waals surface area contributed by atoms with E-state index in [1.54, 1.807) is 18.0 Å². The fourth-order valence-electron chi connectivity index (χ4n) is 3.24. The van der Waals surface area contributed by atoms with Crippen LogP contribution in [0.2, 0.25) is 0 Å². The number of thioether (sulfide) groups is 1. The van der Waals surface area contributed by atoms with Crippen LogP contribution in [-0.2, 0) is 11.8 Å². The van der Waals surface area contributed by atoms with Gasteiger partial charge in [0.05, 0.1) is 16.8 Å². The van der Waals surface area contributed by atoms with Crippen molar-refractivity contribution < 1.29 is 4.79 Å². The first kappa shape index (κ1) is 18.7. The maximum atomic E-state index is 13.0. The molecule has 0 aliphatic rings. The molecule has 0 unspecified atom stereocenters. The van der Waals surface area contributed by atoms with Crippen LogP contribution in [0.5, 0.6) is 0 Å². The van der Waals surface area contributed by atoms with Gasteiger partial charge in [-0.05, 0) is 29.8 Å². The molecule has 0 saturated heterocycles. The second kappa shape index (κ2) is 7.77. The number of carbonyl (C=O) groups excluding carboxylic acids is 1. The molecular formula is C21H19N3O2S2. The van der Waals surface area contributed by atoms with Gasteiger partial charge in [-0.15, -0.1) is 11.3 Å². The van der Waals surface area contributed by atoms with E-state index < -0.39 is 0 Å². The van der Waals surface area contributed by atoms with E-state index in [9.17, 15) is 9.59 Å². The molecule has 1 amide bonds. The maximum Gasteiger partial charge on any atom is 0.262 e. The molecule has 0 aliphatic heterocycles. The lowest BCUT2D eigenvalue weighted by molar-refractivity contribution is -0.116. The number of rotatable bonds is 5. The summed E-state index contributed by atoms with van der Waals surface area (Å²) in [4.78, 5) is 32.5. The Hall–Kier alpha value is -2.64. The number of hydrogen-bond donors (Lipinski definition) is 0. The highest BCUT2D eigenvalue weighted by Crippen LogP contribution is 2.28. The number of benzene rings is 2. The average Bonchev–Trinajstić information content (AvgIpc) is 3.19. The summed E-state index contributed by atoms with van der Waals surface area (Å²) >= 11 is 2.73. The molecule has 2 heterocycles. The van der Waals surface area contributed by atoms with E-state index in [1.807, 2.05) is 54.8 Å². The highest BCUT2D eigenvalue weighted by atomic mass is 32.2. The van der Waals surface area contributed by atoms with Gasteiger partial charge >= 0.3 is 0 Å². The van der Waals surface area contributed by atoms with E-state index in [-0.39, 0.29) is 17.2 Å². The van der Waals surface area contributed by atoms with Crippen molar-refractivity contribution in [2.75, 3.05) is 17.2 Å². The maximum absolute atomic E-state index is 13.0. The molecule has 4 rings (SSSR count). The van der Waals surface area contributed by atoms with E-state index in [0.717, 1.165) is 16.5 Å². The van der Waals surface area contributed by atoms with E-state index in [2.05, 4.69) is 4.98 Å². The minimum absolute atomic E-state index is 0.00983. The molecule has 2 aromatic carbocycles. The van der Waals surface area contributed by atoms with Crippen molar-refractivity contribution in [3.05, 3.63) is 64.3 Å². The number of carbonyl (C=O) groups is 1. The third-order valence-electron chi connectivity index (χ3n) is 4.66. The molecule has 0 saturated carbocycles. The molecule has 0 atom stereocenters. The number of hydrogen-bond acceptors (Lipinski definition) is 5. The average molecular weight is 410 g/mol. The summed E-state index contributed by atoms with van der Waals surface area (Å²) in [7, 11) is 1.70. The summed E-state index contributed by atoms with van der Waals surface area (Å²) in [6, 6.07) is 15.8. The third kappa shape index (κ3) is 3.31. The first-order valence-corrected chi connectivity index (χ1v) is 10.8. The highest BCUT2D eigenvalue weighted by Gasteiger charge is 2.18. The van der Waals surface area contributed by atoms with Crippen molar-refractivity contribution in [3.63, 3.8) is 0 Å². The Morgan fingerprint density at radius 2 is 1.93 bits per heavy atom. The summed E-state index contributed by atoms with van der Waals surface area (Å²) in [6.07, 6.45) is 0. The van der Waals surface area contributed by atoms with Crippen molar-refractivity contribution in [2.45, 2.75) is 12.1 Å². The van der Waals surface area contributed by atoms with E-state index in [4.69, 9.17) is 0 Å². The molecule has 0 spiro atoms. The Morgan fingerprint density at radius 1 is 1.14 bits per heavy atom. The molecule has 0 aliphatic carbocycles. The first-order chi connectivity index (χ1) is 13.6. The van der Waals surface area contributed by atoms with Crippen LogP contribution in [0.25, 0.3) is 21.0 Å². The van der Waals surface area contributed by atoms with Crippen LogP contribution in [0.4, 0.5) is 5.69 Å². The van der Waals surface area contributed by atoms with Gasteiger partial charge in [0.15, 0.2) is 5.16 Å². The molecule has 7 heteroatoms. The van der Waals surface area contributed by atoms with Gasteiger partial charge in [0.1, 0.15) is 4.83 Å². The van der Waals surface area contributed by atoms with Gasteiger partial charge in [0, 0.05) is 19.0 Å². The van der Waals surface area contributed by atoms with Gasteiger partial charge in [-0.3, -0.25) is 14.2 Å². The summed E-state index contributed by atoms with van der Waals surface area (Å²) in [5, 5.41) is 5.19. The molecule has 2 aromatic heterocycles. The van der Waals surface area contributed by atoms with E-state index in [0.29, 0.717) is 21.9 Å². The molecule has 0 fully saturated rings. The predicted molar refractivity (Wildman–Crippen MR) is 118 cm³/mol. The van der Waals surface area contributed by atoms with Gasteiger partial charge in [0.25, 0.3) is 5.56 Å². The fourth-order valence-corrected chi connectivity index (χ4v) is 4.89. The van der Waals surface area contributed by atoms with Crippen LogP contribution < -0.4 is 10.5 Å². The number of anilines is 1. The second-order valence-corrected chi connectivity index (χ2v) is 8.16. The van der Waals surface area contributed by atoms with Crippen molar-refractivity contribution in [2.24, 2.45) is 7.05 Å². The van der Waals surface area contributed by atoms with Crippen molar-refractivity contribution in [3.8, 4) is 0 Å². The Labute approximate surface area is 170 Å². The SMILES string of the molecule is CCN(C(=O)CSc1nc2sccc2c(=O)n1C)c1cccc2ccccc12. The molecule has 5 nitrogen and oxygen atoms in total. The van der Waals surface area contributed by atoms with Gasteiger partial charge in [-0.2, -0.15) is 0 Å². The molecule has 0 bridgehead atoms. The van der Waals surface area contributed by atoms with Crippen molar-refractivity contribution in [1.82, 2.24) is 9.55 Å². The Balaban J connectivity index is 1.60. The van der Waals surface area contributed by atoms with Crippen LogP contribution in [0.1, 0.15) is 6.92 Å². The summed E-state index contributed by atoms with van der Waals surface area (Å²) in [5.41, 5.74) is 0.823. The zero-order valence-corrected chi connectivity index (χ0v) is 17.2. The monoisotopic (exact) mass is 409 g/mol. The molecule has 28 heavy (non-hydrogen) atoms. The summed E-state index contributed by atoms with van der Waals surface area (Å²) < 4.78 is 1.52. The predicted octanol–water partition coefficient (Wildman–Crippen LogP) is 4.29. The van der Waals surface area contributed by atoms with Gasteiger partial charge < -0.3 is 4.90 Å². The number of aromatic nitrogens is 2. The molecule has 0 N–H and O–H groups in total. The summed E-state index contributed by atoms with van der Waals surface area (Å²) in [5.74, 6) is 0.207. The smallest absolute Gasteiger partial charge is 0.262 e. The van der Waals surface area contributed by atoms with Crippen molar-refractivity contribution >= 4 is 55.7 Å². The van der Waals surface area contributed by atoms with Crippen LogP contribution >= 0.6 is 23.1 Å². The molecule has 0 radical (unpaired) electrons. The minimum Gasteiger partial charge on any atom is -0.311 e. The minimum atomic E-state index is -0.0809.